The van der Waals surface area contributed by atoms with Crippen molar-refractivity contribution in [2.75, 3.05) is 6.61 Å². The molecule has 19 heavy (non-hydrogen) atoms. The SMILES string of the molecule is C=CCC(CCCCC(=O)O)NC(=O)OCCCC. The number of amides is 1. The number of hydrogen-bond acceptors (Lipinski definition) is 3. The van der Waals surface area contributed by atoms with Crippen molar-refractivity contribution in [2.24, 2.45) is 0 Å². The minimum Gasteiger partial charge on any atom is -0.481 e. The third-order valence-electron chi connectivity index (χ3n) is 2.70. The molecule has 0 spiro atoms. The van der Waals surface area contributed by atoms with Crippen LogP contribution in [0.15, 0.2) is 12.7 Å². The van der Waals surface area contributed by atoms with Gasteiger partial charge in [-0.2, -0.15) is 0 Å². The Morgan fingerprint density at radius 1 is 1.37 bits per heavy atom. The Morgan fingerprint density at radius 3 is 2.68 bits per heavy atom. The van der Waals surface area contributed by atoms with Gasteiger partial charge in [-0.1, -0.05) is 25.8 Å². The normalized spacial score (nSPS) is 11.6. The number of rotatable bonds is 11. The fourth-order valence-corrected chi connectivity index (χ4v) is 1.63. The zero-order valence-electron chi connectivity index (χ0n) is 11.7. The summed E-state index contributed by atoms with van der Waals surface area (Å²) in [5.74, 6) is -0.785. The molecule has 1 unspecified atom stereocenters. The summed E-state index contributed by atoms with van der Waals surface area (Å²) >= 11 is 0. The molecule has 0 heterocycles. The Labute approximate surface area is 115 Å². The van der Waals surface area contributed by atoms with Gasteiger partial charge in [0.1, 0.15) is 0 Å². The topological polar surface area (TPSA) is 75.6 Å². The molecule has 0 aliphatic carbocycles. The summed E-state index contributed by atoms with van der Waals surface area (Å²) in [6.45, 7) is 6.12. The van der Waals surface area contributed by atoms with Gasteiger partial charge in [0, 0.05) is 12.5 Å². The van der Waals surface area contributed by atoms with Crippen LogP contribution in [-0.4, -0.2) is 29.8 Å². The van der Waals surface area contributed by atoms with E-state index in [2.05, 4.69) is 11.9 Å². The summed E-state index contributed by atoms with van der Waals surface area (Å²) in [6, 6.07) is -0.0274. The molecule has 5 heteroatoms. The fourth-order valence-electron chi connectivity index (χ4n) is 1.63. The van der Waals surface area contributed by atoms with Crippen LogP contribution in [0.25, 0.3) is 0 Å². The summed E-state index contributed by atoms with van der Waals surface area (Å²) in [5, 5.41) is 11.3. The average molecular weight is 271 g/mol. The minimum atomic E-state index is -0.785. The van der Waals surface area contributed by atoms with Gasteiger partial charge < -0.3 is 15.2 Å². The summed E-state index contributed by atoms with van der Waals surface area (Å²) in [7, 11) is 0. The number of carbonyl (C=O) groups is 2. The Morgan fingerprint density at radius 2 is 2.11 bits per heavy atom. The number of carboxylic acids is 1. The average Bonchev–Trinajstić information content (AvgIpc) is 2.35. The lowest BCUT2D eigenvalue weighted by molar-refractivity contribution is -0.137. The first-order chi connectivity index (χ1) is 9.10. The van der Waals surface area contributed by atoms with E-state index >= 15 is 0 Å². The van der Waals surface area contributed by atoms with E-state index in [1.165, 1.54) is 0 Å². The highest BCUT2D eigenvalue weighted by molar-refractivity contribution is 5.67. The Bertz CT molecular complexity index is 279. The van der Waals surface area contributed by atoms with Crippen LogP contribution in [0.3, 0.4) is 0 Å². The predicted octanol–water partition coefficient (Wildman–Crippen LogP) is 3.10. The van der Waals surface area contributed by atoms with Gasteiger partial charge >= 0.3 is 12.1 Å². The molecule has 0 aromatic rings. The number of alkyl carbamates (subject to hydrolysis) is 1. The van der Waals surface area contributed by atoms with E-state index in [9.17, 15) is 9.59 Å². The van der Waals surface area contributed by atoms with Gasteiger partial charge in [-0.05, 0) is 25.7 Å². The van der Waals surface area contributed by atoms with E-state index in [1.807, 2.05) is 6.92 Å². The van der Waals surface area contributed by atoms with Crippen molar-refractivity contribution in [3.8, 4) is 0 Å². The fraction of sp³-hybridized carbons (Fsp3) is 0.714. The van der Waals surface area contributed by atoms with E-state index in [0.717, 1.165) is 25.7 Å². The van der Waals surface area contributed by atoms with Gasteiger partial charge in [-0.15, -0.1) is 6.58 Å². The van der Waals surface area contributed by atoms with Crippen molar-refractivity contribution in [3.05, 3.63) is 12.7 Å². The van der Waals surface area contributed by atoms with Crippen molar-refractivity contribution >= 4 is 12.1 Å². The monoisotopic (exact) mass is 271 g/mol. The number of carboxylic acid groups (broad SMARTS) is 1. The largest absolute Gasteiger partial charge is 0.481 e. The Hall–Kier alpha value is -1.52. The summed E-state index contributed by atoms with van der Waals surface area (Å²) in [5.41, 5.74) is 0. The van der Waals surface area contributed by atoms with E-state index in [4.69, 9.17) is 9.84 Å². The highest BCUT2D eigenvalue weighted by atomic mass is 16.5. The number of unbranched alkanes of at least 4 members (excludes halogenated alkanes) is 2. The molecule has 0 aromatic carbocycles. The van der Waals surface area contributed by atoms with Gasteiger partial charge in [0.25, 0.3) is 0 Å². The van der Waals surface area contributed by atoms with Gasteiger partial charge in [0.05, 0.1) is 6.61 Å². The van der Waals surface area contributed by atoms with Crippen LogP contribution in [-0.2, 0) is 9.53 Å². The van der Waals surface area contributed by atoms with Crippen LogP contribution in [0.5, 0.6) is 0 Å². The van der Waals surface area contributed by atoms with Crippen molar-refractivity contribution in [2.45, 2.75) is 57.9 Å². The zero-order valence-corrected chi connectivity index (χ0v) is 11.7. The minimum absolute atomic E-state index is 0.0274. The molecule has 0 rings (SSSR count). The molecule has 110 valence electrons. The Balaban J connectivity index is 3.86. The number of nitrogens with one attached hydrogen (secondary N) is 1. The van der Waals surface area contributed by atoms with Crippen molar-refractivity contribution in [3.63, 3.8) is 0 Å². The number of carbonyl (C=O) groups excluding carboxylic acids is 1. The number of aliphatic carboxylic acids is 1. The Kier molecular flexibility index (Phi) is 10.6. The summed E-state index contributed by atoms with van der Waals surface area (Å²) < 4.78 is 5.03. The van der Waals surface area contributed by atoms with E-state index in [1.54, 1.807) is 6.08 Å². The highest BCUT2D eigenvalue weighted by Crippen LogP contribution is 2.07. The maximum absolute atomic E-state index is 11.5. The van der Waals surface area contributed by atoms with Crippen LogP contribution in [0, 0.1) is 0 Å². The molecule has 0 radical (unpaired) electrons. The first-order valence-corrected chi connectivity index (χ1v) is 6.86. The zero-order chi connectivity index (χ0) is 14.5. The van der Waals surface area contributed by atoms with Crippen LogP contribution in [0.2, 0.25) is 0 Å². The van der Waals surface area contributed by atoms with Gasteiger partial charge in [0.15, 0.2) is 0 Å². The molecule has 1 amide bonds. The number of hydrogen-bond donors (Lipinski definition) is 2. The molecule has 0 aliphatic heterocycles. The molecule has 0 fully saturated rings. The van der Waals surface area contributed by atoms with Crippen LogP contribution >= 0.6 is 0 Å². The smallest absolute Gasteiger partial charge is 0.407 e. The second kappa shape index (κ2) is 11.6. The third-order valence-corrected chi connectivity index (χ3v) is 2.70. The second-order valence-corrected chi connectivity index (χ2v) is 4.49. The molecule has 0 bridgehead atoms. The third kappa shape index (κ3) is 11.3. The maximum atomic E-state index is 11.5. The molecule has 0 aromatic heterocycles. The van der Waals surface area contributed by atoms with Crippen molar-refractivity contribution in [1.82, 2.24) is 5.32 Å². The molecular weight excluding hydrogens is 246 g/mol. The second-order valence-electron chi connectivity index (χ2n) is 4.49. The highest BCUT2D eigenvalue weighted by Gasteiger charge is 2.11. The van der Waals surface area contributed by atoms with Crippen molar-refractivity contribution in [1.29, 1.82) is 0 Å². The molecule has 2 N–H and O–H groups in total. The molecular formula is C14H25NO4. The van der Waals surface area contributed by atoms with Crippen LogP contribution < -0.4 is 5.32 Å². The van der Waals surface area contributed by atoms with Crippen LogP contribution in [0.4, 0.5) is 4.79 Å². The number of ether oxygens (including phenoxy) is 1. The molecule has 5 nitrogen and oxygen atoms in total. The van der Waals surface area contributed by atoms with E-state index in [-0.39, 0.29) is 12.5 Å². The van der Waals surface area contributed by atoms with E-state index in [0.29, 0.717) is 19.4 Å². The quantitative estimate of drug-likeness (QED) is 0.447. The predicted molar refractivity (Wildman–Crippen MR) is 74.1 cm³/mol. The first kappa shape index (κ1) is 17.5. The molecule has 0 aliphatic rings. The van der Waals surface area contributed by atoms with Gasteiger partial charge in [-0.25, -0.2) is 4.79 Å². The molecule has 0 saturated heterocycles. The van der Waals surface area contributed by atoms with Crippen molar-refractivity contribution < 1.29 is 19.4 Å². The maximum Gasteiger partial charge on any atom is 0.407 e. The van der Waals surface area contributed by atoms with Crippen LogP contribution in [0.1, 0.15) is 51.9 Å². The van der Waals surface area contributed by atoms with Gasteiger partial charge in [0.2, 0.25) is 0 Å². The van der Waals surface area contributed by atoms with E-state index < -0.39 is 12.1 Å². The summed E-state index contributed by atoms with van der Waals surface area (Å²) in [4.78, 5) is 21.9. The molecule has 1 atom stereocenters. The lowest BCUT2D eigenvalue weighted by atomic mass is 10.1. The van der Waals surface area contributed by atoms with Gasteiger partial charge in [-0.3, -0.25) is 4.79 Å². The standard InChI is InChI=1S/C14H25NO4/c1-3-5-11-19-14(18)15-12(8-4-2)9-6-7-10-13(16)17/h4,12H,2-3,5-11H2,1H3,(H,15,18)(H,16,17). The molecule has 0 saturated carbocycles. The lowest BCUT2D eigenvalue weighted by Gasteiger charge is -2.16. The first-order valence-electron chi connectivity index (χ1n) is 6.86. The summed E-state index contributed by atoms with van der Waals surface area (Å²) in [6.07, 6.45) is 6.14. The lowest BCUT2D eigenvalue weighted by Crippen LogP contribution is -2.35.